The minimum atomic E-state index is -0.664. The van der Waals surface area contributed by atoms with Gasteiger partial charge in [-0.05, 0) is 48.4 Å². The van der Waals surface area contributed by atoms with Crippen molar-refractivity contribution in [1.29, 1.82) is 0 Å². The Bertz CT molecular complexity index is 1550. The van der Waals surface area contributed by atoms with Gasteiger partial charge in [-0.25, -0.2) is 9.24 Å². The number of ether oxygens (including phenoxy) is 1. The molecule has 0 bridgehead atoms. The van der Waals surface area contributed by atoms with Gasteiger partial charge in [-0.2, -0.15) is 0 Å². The molecule has 3 aromatic carbocycles. The highest BCUT2D eigenvalue weighted by atomic mass is 32.2. The first-order chi connectivity index (χ1) is 19.4. The van der Waals surface area contributed by atoms with Gasteiger partial charge in [-0.1, -0.05) is 24.3 Å². The first kappa shape index (κ1) is 25.9. The molecule has 1 N–H and O–H groups in total. The van der Waals surface area contributed by atoms with Crippen LogP contribution in [0, 0.1) is 12.4 Å². The fraction of sp³-hybridized carbons (Fsp3) is 0.267. The fourth-order valence-corrected chi connectivity index (χ4v) is 6.43. The molecule has 3 aliphatic heterocycles. The van der Waals surface area contributed by atoms with E-state index in [0.29, 0.717) is 41.0 Å². The number of carbonyl (C=O) groups excluding carboxylic acids is 3. The van der Waals surface area contributed by atoms with Gasteiger partial charge in [0.05, 0.1) is 18.8 Å². The van der Waals surface area contributed by atoms with Crippen molar-refractivity contribution >= 4 is 40.9 Å². The average Bonchev–Trinajstić information content (AvgIpc) is 3.27. The molecule has 0 unspecified atom stereocenters. The van der Waals surface area contributed by atoms with Crippen LogP contribution in [0.25, 0.3) is 4.85 Å². The molecule has 2 fully saturated rings. The van der Waals surface area contributed by atoms with Crippen molar-refractivity contribution in [2.45, 2.75) is 42.2 Å². The van der Waals surface area contributed by atoms with Gasteiger partial charge in [-0.3, -0.25) is 19.7 Å². The number of amides is 3. The normalized spacial score (nSPS) is 18.7. The van der Waals surface area contributed by atoms with Gasteiger partial charge in [0.25, 0.3) is 5.91 Å². The van der Waals surface area contributed by atoms with Crippen molar-refractivity contribution in [3.05, 3.63) is 94.6 Å². The summed E-state index contributed by atoms with van der Waals surface area (Å²) in [6.45, 7) is 9.06. The summed E-state index contributed by atoms with van der Waals surface area (Å²) in [6, 6.07) is 17.4. The summed E-state index contributed by atoms with van der Waals surface area (Å²) in [5.74, 6) is -0.736. The number of hydrogen-bond donors (Lipinski definition) is 1. The van der Waals surface area contributed by atoms with E-state index in [0.717, 1.165) is 29.1 Å². The van der Waals surface area contributed by atoms with Crippen LogP contribution in [0.2, 0.25) is 0 Å². The Morgan fingerprint density at radius 1 is 1.07 bits per heavy atom. The molecule has 202 valence electrons. The third-order valence-electron chi connectivity index (χ3n) is 7.41. The van der Waals surface area contributed by atoms with E-state index in [2.05, 4.69) is 10.2 Å². The topological polar surface area (TPSA) is 83.3 Å². The van der Waals surface area contributed by atoms with Crippen molar-refractivity contribution in [2.75, 3.05) is 18.0 Å². The molecular formula is C30H25FN4O4S. The van der Waals surface area contributed by atoms with Crippen LogP contribution in [0.1, 0.15) is 34.3 Å². The molecule has 3 aromatic rings. The molecule has 0 aromatic heterocycles. The largest absolute Gasteiger partial charge is 0.489 e. The maximum atomic E-state index is 14.3. The van der Waals surface area contributed by atoms with Crippen molar-refractivity contribution in [2.24, 2.45) is 0 Å². The van der Waals surface area contributed by atoms with Crippen LogP contribution in [0.4, 0.5) is 15.8 Å². The molecule has 3 aliphatic rings. The summed E-state index contributed by atoms with van der Waals surface area (Å²) < 4.78 is 20.4. The third kappa shape index (κ3) is 5.00. The van der Waals surface area contributed by atoms with Gasteiger partial charge in [-0.15, -0.1) is 11.8 Å². The SMILES string of the molecule is [C-]#[N+]c1ccc(N2CC(Sc3ccc(COc4cccc5c4CN([C@H]4CCC(=O)NC4=O)C5=O)cc3)C2)c(F)c1. The molecule has 40 heavy (non-hydrogen) atoms. The van der Waals surface area contributed by atoms with E-state index in [9.17, 15) is 18.8 Å². The Morgan fingerprint density at radius 2 is 1.88 bits per heavy atom. The number of carbonyl (C=O) groups is 3. The van der Waals surface area contributed by atoms with Crippen molar-refractivity contribution in [3.8, 4) is 5.75 Å². The second-order valence-electron chi connectivity index (χ2n) is 10.0. The Hall–Kier alpha value is -4.36. The number of halogens is 1. The highest BCUT2D eigenvalue weighted by Gasteiger charge is 2.40. The fourth-order valence-electron chi connectivity index (χ4n) is 5.24. The number of imide groups is 1. The summed E-state index contributed by atoms with van der Waals surface area (Å²) in [5.41, 5.74) is 3.08. The average molecular weight is 557 g/mol. The van der Waals surface area contributed by atoms with Gasteiger partial charge in [0.2, 0.25) is 11.8 Å². The molecular weight excluding hydrogens is 531 g/mol. The van der Waals surface area contributed by atoms with E-state index >= 15 is 0 Å². The minimum absolute atomic E-state index is 0.212. The second-order valence-corrected chi connectivity index (χ2v) is 11.4. The van der Waals surface area contributed by atoms with Gasteiger partial charge in [0.15, 0.2) is 5.69 Å². The van der Waals surface area contributed by atoms with Gasteiger partial charge >= 0.3 is 0 Å². The Morgan fingerprint density at radius 3 is 2.60 bits per heavy atom. The van der Waals surface area contributed by atoms with E-state index in [1.54, 1.807) is 36.0 Å². The standard InChI is InChI=1S/C30H25FN4O4S/c1-32-19-7-10-25(24(31)13-19)34-14-21(15-34)40-20-8-5-18(6-9-20)17-39-27-4-2-3-22-23(27)16-35(30(22)38)26-11-12-28(36)33-29(26)37/h2-10,13,21,26H,11-12,14-17H2,(H,33,36,37)/t26-/m0/s1. The predicted molar refractivity (Wildman–Crippen MR) is 148 cm³/mol. The summed E-state index contributed by atoms with van der Waals surface area (Å²) in [7, 11) is 0. The van der Waals surface area contributed by atoms with E-state index in [4.69, 9.17) is 11.3 Å². The molecule has 0 saturated carbocycles. The van der Waals surface area contributed by atoms with Crippen molar-refractivity contribution < 1.29 is 23.5 Å². The zero-order valence-corrected chi connectivity index (χ0v) is 22.2. The van der Waals surface area contributed by atoms with Gasteiger partial charge < -0.3 is 14.5 Å². The van der Waals surface area contributed by atoms with Crippen molar-refractivity contribution in [1.82, 2.24) is 10.2 Å². The maximum absolute atomic E-state index is 14.3. The zero-order valence-electron chi connectivity index (χ0n) is 21.4. The predicted octanol–water partition coefficient (Wildman–Crippen LogP) is 4.70. The number of piperidine rings is 1. The molecule has 3 amide bonds. The summed E-state index contributed by atoms with van der Waals surface area (Å²) in [4.78, 5) is 44.7. The monoisotopic (exact) mass is 556 g/mol. The quantitative estimate of drug-likeness (QED) is 0.336. The zero-order chi connectivity index (χ0) is 27.8. The summed E-state index contributed by atoms with van der Waals surface area (Å²) >= 11 is 1.75. The van der Waals surface area contributed by atoms with E-state index in [1.165, 1.54) is 11.0 Å². The number of anilines is 1. The van der Waals surface area contributed by atoms with E-state index < -0.39 is 11.9 Å². The molecule has 2 saturated heterocycles. The van der Waals surface area contributed by atoms with Gasteiger partial charge in [0, 0.05) is 40.8 Å². The first-order valence-corrected chi connectivity index (χ1v) is 13.8. The van der Waals surface area contributed by atoms with Crippen LogP contribution >= 0.6 is 11.8 Å². The van der Waals surface area contributed by atoms with Gasteiger partial charge in [0.1, 0.15) is 24.2 Å². The van der Waals surface area contributed by atoms with Crippen molar-refractivity contribution in [3.63, 3.8) is 0 Å². The Balaban J connectivity index is 1.03. The van der Waals surface area contributed by atoms with Crippen LogP contribution in [-0.2, 0) is 22.7 Å². The molecule has 3 heterocycles. The molecule has 6 rings (SSSR count). The number of nitrogens with one attached hydrogen (secondary N) is 1. The van der Waals surface area contributed by atoms with Crippen LogP contribution in [0.3, 0.4) is 0 Å². The van der Waals surface area contributed by atoms with Crippen LogP contribution in [0.15, 0.2) is 65.6 Å². The lowest BCUT2D eigenvalue weighted by Crippen LogP contribution is -2.52. The Labute approximate surface area is 234 Å². The maximum Gasteiger partial charge on any atom is 0.255 e. The molecule has 1 atom stereocenters. The highest BCUT2D eigenvalue weighted by molar-refractivity contribution is 8.00. The highest BCUT2D eigenvalue weighted by Crippen LogP contribution is 2.36. The second kappa shape index (κ2) is 10.7. The molecule has 0 radical (unpaired) electrons. The smallest absolute Gasteiger partial charge is 0.255 e. The molecule has 0 spiro atoms. The summed E-state index contributed by atoms with van der Waals surface area (Å²) in [5, 5.41) is 2.67. The molecule has 8 nitrogen and oxygen atoms in total. The van der Waals surface area contributed by atoms with Crippen LogP contribution in [0.5, 0.6) is 5.75 Å². The number of benzene rings is 3. The number of nitrogens with zero attached hydrogens (tertiary/aromatic N) is 3. The lowest BCUT2D eigenvalue weighted by Gasteiger charge is -2.40. The first-order valence-electron chi connectivity index (χ1n) is 13.0. The lowest BCUT2D eigenvalue weighted by molar-refractivity contribution is -0.136. The third-order valence-corrected chi connectivity index (χ3v) is 8.58. The number of thioether (sulfide) groups is 1. The number of rotatable bonds is 7. The van der Waals surface area contributed by atoms with E-state index in [-0.39, 0.29) is 30.6 Å². The molecule has 0 aliphatic carbocycles. The lowest BCUT2D eigenvalue weighted by atomic mass is 10.0. The van der Waals surface area contributed by atoms with E-state index in [1.807, 2.05) is 35.2 Å². The van der Waals surface area contributed by atoms with Crippen LogP contribution in [-0.4, -0.2) is 47.0 Å². The minimum Gasteiger partial charge on any atom is -0.489 e. The van der Waals surface area contributed by atoms with Crippen LogP contribution < -0.4 is 15.0 Å². The summed E-state index contributed by atoms with van der Waals surface area (Å²) in [6.07, 6.45) is 0.529. The molecule has 10 heteroatoms. The number of fused-ring (bicyclic) bond motifs is 1. The Kier molecular flexibility index (Phi) is 6.90. The number of hydrogen-bond acceptors (Lipinski definition) is 6.